The van der Waals surface area contributed by atoms with Crippen LogP contribution in [0.25, 0.3) is 0 Å². The van der Waals surface area contributed by atoms with Crippen LogP contribution in [0, 0.1) is 6.92 Å². The highest BCUT2D eigenvalue weighted by atomic mass is 35.5. The predicted molar refractivity (Wildman–Crippen MR) is 115 cm³/mol. The molecule has 3 heterocycles. The SMILES string of the molecule is COc1ccc(N2C(=S)N[C@H](c3ccccn3)[C@H]2c2ccc(C)s2)cc1Cl. The summed E-state index contributed by atoms with van der Waals surface area (Å²) in [4.78, 5) is 9.16. The van der Waals surface area contributed by atoms with Gasteiger partial charge in [-0.3, -0.25) is 4.98 Å². The summed E-state index contributed by atoms with van der Waals surface area (Å²) in [5.41, 5.74) is 1.88. The number of thiocarbonyl (C=S) groups is 1. The number of methoxy groups -OCH3 is 1. The predicted octanol–water partition coefficient (Wildman–Crippen LogP) is 5.29. The first-order valence-corrected chi connectivity index (χ1v) is 10.1. The van der Waals surface area contributed by atoms with Crippen LogP contribution in [0.4, 0.5) is 5.69 Å². The number of rotatable bonds is 4. The zero-order valence-corrected chi connectivity index (χ0v) is 17.2. The number of thiophene rings is 1. The summed E-state index contributed by atoms with van der Waals surface area (Å²) in [7, 11) is 1.61. The minimum atomic E-state index is -0.0439. The molecule has 4 nitrogen and oxygen atoms in total. The Morgan fingerprint density at radius 2 is 2.07 bits per heavy atom. The fourth-order valence-electron chi connectivity index (χ4n) is 3.34. The summed E-state index contributed by atoms with van der Waals surface area (Å²) < 4.78 is 5.29. The third-order valence-electron chi connectivity index (χ3n) is 4.56. The Balaban J connectivity index is 1.81. The van der Waals surface area contributed by atoms with E-state index in [2.05, 4.69) is 34.3 Å². The molecule has 0 bridgehead atoms. The molecule has 1 N–H and O–H groups in total. The summed E-state index contributed by atoms with van der Waals surface area (Å²) in [6.45, 7) is 2.11. The first-order valence-electron chi connectivity index (χ1n) is 8.49. The van der Waals surface area contributed by atoms with E-state index in [9.17, 15) is 0 Å². The van der Waals surface area contributed by atoms with Gasteiger partial charge in [-0.2, -0.15) is 0 Å². The van der Waals surface area contributed by atoms with E-state index in [4.69, 9.17) is 28.6 Å². The maximum absolute atomic E-state index is 6.38. The van der Waals surface area contributed by atoms with Crippen molar-refractivity contribution in [3.8, 4) is 5.75 Å². The Morgan fingerprint density at radius 3 is 2.70 bits per heavy atom. The average molecular weight is 416 g/mol. The van der Waals surface area contributed by atoms with Crippen molar-refractivity contribution in [1.82, 2.24) is 10.3 Å². The highest BCUT2D eigenvalue weighted by Crippen LogP contribution is 2.44. The van der Waals surface area contributed by atoms with E-state index in [-0.39, 0.29) is 12.1 Å². The second-order valence-corrected chi connectivity index (χ2v) is 8.38. The number of hydrogen-bond donors (Lipinski definition) is 1. The zero-order chi connectivity index (χ0) is 19.0. The van der Waals surface area contributed by atoms with E-state index in [0.29, 0.717) is 15.9 Å². The van der Waals surface area contributed by atoms with E-state index in [1.165, 1.54) is 9.75 Å². The van der Waals surface area contributed by atoms with E-state index in [1.54, 1.807) is 18.4 Å². The summed E-state index contributed by atoms with van der Waals surface area (Å²) >= 11 is 13.9. The number of nitrogens with zero attached hydrogens (tertiary/aromatic N) is 2. The van der Waals surface area contributed by atoms with Gasteiger partial charge in [0.05, 0.1) is 29.9 Å². The minimum Gasteiger partial charge on any atom is -0.495 e. The molecule has 1 saturated heterocycles. The topological polar surface area (TPSA) is 37.4 Å². The van der Waals surface area contributed by atoms with Gasteiger partial charge in [-0.25, -0.2) is 0 Å². The van der Waals surface area contributed by atoms with Crippen molar-refractivity contribution in [3.05, 3.63) is 75.2 Å². The van der Waals surface area contributed by atoms with Gasteiger partial charge >= 0.3 is 0 Å². The lowest BCUT2D eigenvalue weighted by molar-refractivity contribution is 0.415. The van der Waals surface area contributed by atoms with E-state index >= 15 is 0 Å². The Kier molecular flexibility index (Phi) is 5.04. The monoisotopic (exact) mass is 415 g/mol. The van der Waals surface area contributed by atoms with E-state index in [1.807, 2.05) is 42.6 Å². The Bertz CT molecular complexity index is 976. The average Bonchev–Trinajstić information content (AvgIpc) is 3.25. The Labute approximate surface area is 172 Å². The molecule has 27 heavy (non-hydrogen) atoms. The number of aryl methyl sites for hydroxylation is 1. The quantitative estimate of drug-likeness (QED) is 0.586. The fraction of sp³-hybridized carbons (Fsp3) is 0.200. The van der Waals surface area contributed by atoms with Gasteiger partial charge in [0, 0.05) is 21.6 Å². The fourth-order valence-corrected chi connectivity index (χ4v) is 4.94. The second kappa shape index (κ2) is 7.46. The third kappa shape index (κ3) is 3.40. The number of benzene rings is 1. The molecule has 2 atom stereocenters. The maximum Gasteiger partial charge on any atom is 0.174 e. The van der Waals surface area contributed by atoms with Crippen molar-refractivity contribution in [2.24, 2.45) is 0 Å². The van der Waals surface area contributed by atoms with Gasteiger partial charge in [0.25, 0.3) is 0 Å². The molecule has 4 rings (SSSR count). The highest BCUT2D eigenvalue weighted by Gasteiger charge is 2.41. The summed E-state index contributed by atoms with van der Waals surface area (Å²) in [6, 6.07) is 15.9. The maximum atomic E-state index is 6.38. The smallest absolute Gasteiger partial charge is 0.174 e. The van der Waals surface area contributed by atoms with Crippen LogP contribution in [0.2, 0.25) is 5.02 Å². The van der Waals surface area contributed by atoms with Crippen LogP contribution < -0.4 is 15.0 Å². The molecule has 0 amide bonds. The molecule has 1 fully saturated rings. The molecular weight excluding hydrogens is 398 g/mol. The Hall–Kier alpha value is -2.15. The molecule has 3 aromatic rings. The normalized spacial score (nSPS) is 19.2. The molecule has 1 aliphatic heterocycles. The van der Waals surface area contributed by atoms with Gasteiger partial charge in [-0.05, 0) is 61.6 Å². The van der Waals surface area contributed by atoms with Crippen LogP contribution in [0.5, 0.6) is 5.75 Å². The lowest BCUT2D eigenvalue weighted by atomic mass is 10.0. The minimum absolute atomic E-state index is 0.00411. The van der Waals surface area contributed by atoms with Crippen LogP contribution in [-0.2, 0) is 0 Å². The molecule has 1 aromatic carbocycles. The van der Waals surface area contributed by atoms with Gasteiger partial charge in [0.1, 0.15) is 5.75 Å². The number of nitrogens with one attached hydrogen (secondary N) is 1. The van der Waals surface area contributed by atoms with Crippen LogP contribution in [0.15, 0.2) is 54.7 Å². The number of ether oxygens (including phenoxy) is 1. The molecule has 2 aromatic heterocycles. The van der Waals surface area contributed by atoms with Crippen molar-refractivity contribution < 1.29 is 4.74 Å². The molecule has 0 radical (unpaired) electrons. The van der Waals surface area contributed by atoms with Gasteiger partial charge in [-0.1, -0.05) is 17.7 Å². The highest BCUT2D eigenvalue weighted by molar-refractivity contribution is 7.80. The van der Waals surface area contributed by atoms with E-state index in [0.717, 1.165) is 11.4 Å². The lowest BCUT2D eigenvalue weighted by Crippen LogP contribution is -2.29. The van der Waals surface area contributed by atoms with Crippen LogP contribution in [0.1, 0.15) is 27.5 Å². The largest absolute Gasteiger partial charge is 0.495 e. The first-order chi connectivity index (χ1) is 13.1. The number of aromatic nitrogens is 1. The van der Waals surface area contributed by atoms with Gasteiger partial charge in [-0.15, -0.1) is 11.3 Å². The molecule has 0 saturated carbocycles. The number of anilines is 1. The van der Waals surface area contributed by atoms with Crippen molar-refractivity contribution in [2.75, 3.05) is 12.0 Å². The van der Waals surface area contributed by atoms with Gasteiger partial charge < -0.3 is 15.0 Å². The molecular formula is C20H18ClN3OS2. The summed E-state index contributed by atoms with van der Waals surface area (Å²) in [5.74, 6) is 0.642. The summed E-state index contributed by atoms with van der Waals surface area (Å²) in [5, 5.41) is 4.66. The second-order valence-electron chi connectivity index (χ2n) is 6.26. The Morgan fingerprint density at radius 1 is 1.22 bits per heavy atom. The molecule has 138 valence electrons. The van der Waals surface area contributed by atoms with Crippen LogP contribution in [0.3, 0.4) is 0 Å². The van der Waals surface area contributed by atoms with Crippen molar-refractivity contribution in [3.63, 3.8) is 0 Å². The number of hydrogen-bond acceptors (Lipinski definition) is 4. The molecule has 0 unspecified atom stereocenters. The molecule has 1 aliphatic rings. The van der Waals surface area contributed by atoms with Crippen molar-refractivity contribution in [1.29, 1.82) is 0 Å². The molecule has 7 heteroatoms. The zero-order valence-electron chi connectivity index (χ0n) is 14.8. The van der Waals surface area contributed by atoms with Crippen LogP contribution in [-0.4, -0.2) is 17.2 Å². The first kappa shape index (κ1) is 18.2. The lowest BCUT2D eigenvalue weighted by Gasteiger charge is -2.27. The van der Waals surface area contributed by atoms with Crippen molar-refractivity contribution >= 4 is 46.0 Å². The van der Waals surface area contributed by atoms with Gasteiger partial charge in [0.15, 0.2) is 5.11 Å². The van der Waals surface area contributed by atoms with Crippen molar-refractivity contribution in [2.45, 2.75) is 19.0 Å². The third-order valence-corrected chi connectivity index (χ3v) is 6.25. The number of halogens is 1. The van der Waals surface area contributed by atoms with Gasteiger partial charge in [0.2, 0.25) is 0 Å². The standard InChI is InChI=1S/C20H18ClN3OS2/c1-12-6-9-17(27-12)19-18(15-5-3-4-10-22-15)23-20(26)24(19)13-7-8-16(25-2)14(21)11-13/h3-11,18-19H,1-2H3,(H,23,26)/t18-,19-/m1/s1. The summed E-state index contributed by atoms with van der Waals surface area (Å²) in [6.07, 6.45) is 1.81. The number of pyridine rings is 1. The molecule has 0 spiro atoms. The van der Waals surface area contributed by atoms with Crippen LogP contribution >= 0.6 is 35.2 Å². The van der Waals surface area contributed by atoms with E-state index < -0.39 is 0 Å². The molecule has 0 aliphatic carbocycles.